The molecule has 0 aromatic heterocycles. The minimum Gasteiger partial charge on any atom is -0.252 e. The maximum atomic E-state index is 4.24. The summed E-state index contributed by atoms with van der Waals surface area (Å²) in [6, 6.07) is 0. The molecule has 0 saturated carbocycles. The van der Waals surface area contributed by atoms with E-state index >= 15 is 0 Å². The lowest BCUT2D eigenvalue weighted by molar-refractivity contribution is 0.877. The highest BCUT2D eigenvalue weighted by atomic mass is 32.1. The topological polar surface area (TPSA) is 12.4 Å². The molecule has 0 atom stereocenters. The van der Waals surface area contributed by atoms with Gasteiger partial charge in [-0.1, -0.05) is 19.9 Å². The lowest BCUT2D eigenvalue weighted by Crippen LogP contribution is -2.00. The van der Waals surface area contributed by atoms with E-state index in [0.29, 0.717) is 5.92 Å². The van der Waals surface area contributed by atoms with Crippen LogP contribution in [0.1, 0.15) is 27.7 Å². The van der Waals surface area contributed by atoms with Gasteiger partial charge in [0.25, 0.3) is 0 Å². The van der Waals surface area contributed by atoms with Crippen molar-refractivity contribution in [2.24, 2.45) is 10.9 Å². The second-order valence-corrected chi connectivity index (χ2v) is 3.01. The Morgan fingerprint density at radius 1 is 1.50 bits per heavy atom. The molecule has 0 unspecified atom stereocenters. The van der Waals surface area contributed by atoms with Gasteiger partial charge < -0.3 is 0 Å². The first-order valence-electron chi connectivity index (χ1n) is 3.48. The smallest absolute Gasteiger partial charge is 0.0885 e. The number of aliphatic imine (C=N–C) groups is 1. The van der Waals surface area contributed by atoms with E-state index in [1.54, 1.807) is 0 Å². The third kappa shape index (κ3) is 3.72. The van der Waals surface area contributed by atoms with Crippen LogP contribution in [0.15, 0.2) is 16.1 Å². The standard InChI is InChI=1S/C8H15NS/c1-5-8(10)9-7(4)6(2)3/h5-6,10H,1-4H3/b8-5+,9-7-. The van der Waals surface area contributed by atoms with E-state index in [0.717, 1.165) is 10.7 Å². The molecule has 0 bridgehead atoms. The number of allylic oxidation sites excluding steroid dienone is 1. The molecule has 2 heteroatoms. The first-order valence-corrected chi connectivity index (χ1v) is 3.93. The molecule has 0 spiro atoms. The molecule has 0 aromatic rings. The van der Waals surface area contributed by atoms with Crippen LogP contribution in [-0.4, -0.2) is 5.71 Å². The van der Waals surface area contributed by atoms with E-state index in [9.17, 15) is 0 Å². The van der Waals surface area contributed by atoms with Gasteiger partial charge in [0.15, 0.2) is 0 Å². The molecular formula is C8H15NS. The summed E-state index contributed by atoms with van der Waals surface area (Å²) in [6.45, 7) is 8.19. The van der Waals surface area contributed by atoms with Crippen molar-refractivity contribution in [2.75, 3.05) is 0 Å². The molecule has 0 amide bonds. The average Bonchev–Trinajstić information content (AvgIpc) is 1.87. The van der Waals surface area contributed by atoms with E-state index in [1.165, 1.54) is 0 Å². The maximum absolute atomic E-state index is 4.24. The van der Waals surface area contributed by atoms with Crippen LogP contribution in [0.3, 0.4) is 0 Å². The first-order chi connectivity index (χ1) is 4.57. The minimum atomic E-state index is 0.516. The fourth-order valence-electron chi connectivity index (χ4n) is 0.374. The largest absolute Gasteiger partial charge is 0.252 e. The predicted octanol–water partition coefficient (Wildman–Crippen LogP) is 2.89. The van der Waals surface area contributed by atoms with Crippen molar-refractivity contribution in [3.8, 4) is 0 Å². The molecule has 0 aromatic carbocycles. The summed E-state index contributed by atoms with van der Waals surface area (Å²) in [5.41, 5.74) is 1.13. The summed E-state index contributed by atoms with van der Waals surface area (Å²) in [4.78, 5) is 4.24. The van der Waals surface area contributed by atoms with Gasteiger partial charge in [0.2, 0.25) is 0 Å². The van der Waals surface area contributed by atoms with Crippen LogP contribution in [0.4, 0.5) is 0 Å². The van der Waals surface area contributed by atoms with Crippen molar-refractivity contribution < 1.29 is 0 Å². The van der Waals surface area contributed by atoms with Crippen molar-refractivity contribution >= 4 is 18.3 Å². The fourth-order valence-corrected chi connectivity index (χ4v) is 0.532. The molecule has 0 rings (SSSR count). The normalized spacial score (nSPS) is 14.6. The minimum absolute atomic E-state index is 0.516. The number of hydrogen-bond donors (Lipinski definition) is 1. The van der Waals surface area contributed by atoms with Gasteiger partial charge in [-0.3, -0.25) is 4.99 Å². The van der Waals surface area contributed by atoms with E-state index in [-0.39, 0.29) is 0 Å². The molecule has 0 saturated heterocycles. The number of rotatable bonds is 2. The summed E-state index contributed by atoms with van der Waals surface area (Å²) in [5.74, 6) is 0.516. The van der Waals surface area contributed by atoms with Crippen molar-refractivity contribution in [3.63, 3.8) is 0 Å². The molecular weight excluding hydrogens is 142 g/mol. The van der Waals surface area contributed by atoms with Gasteiger partial charge in [0, 0.05) is 5.71 Å². The fraction of sp³-hybridized carbons (Fsp3) is 0.625. The summed E-state index contributed by atoms with van der Waals surface area (Å²) in [6.07, 6.45) is 1.88. The summed E-state index contributed by atoms with van der Waals surface area (Å²) in [7, 11) is 0. The molecule has 0 radical (unpaired) electrons. The van der Waals surface area contributed by atoms with Crippen LogP contribution >= 0.6 is 12.6 Å². The molecule has 0 aliphatic heterocycles. The summed E-state index contributed by atoms with van der Waals surface area (Å²) >= 11 is 4.14. The molecule has 0 fully saturated rings. The van der Waals surface area contributed by atoms with Crippen LogP contribution in [0, 0.1) is 5.92 Å². The van der Waals surface area contributed by atoms with Gasteiger partial charge in [-0.25, -0.2) is 0 Å². The van der Waals surface area contributed by atoms with E-state index in [2.05, 4.69) is 31.5 Å². The van der Waals surface area contributed by atoms with Gasteiger partial charge in [0.1, 0.15) is 0 Å². The van der Waals surface area contributed by atoms with E-state index in [4.69, 9.17) is 0 Å². The molecule has 10 heavy (non-hydrogen) atoms. The molecule has 58 valence electrons. The van der Waals surface area contributed by atoms with Gasteiger partial charge in [0.05, 0.1) is 5.03 Å². The Labute approximate surface area is 68.7 Å². The summed E-state index contributed by atoms with van der Waals surface area (Å²) < 4.78 is 0. The summed E-state index contributed by atoms with van der Waals surface area (Å²) in [5, 5.41) is 0.797. The quantitative estimate of drug-likeness (QED) is 0.467. The lowest BCUT2D eigenvalue weighted by Gasteiger charge is -2.02. The highest BCUT2D eigenvalue weighted by Crippen LogP contribution is 2.05. The van der Waals surface area contributed by atoms with Crippen molar-refractivity contribution in [2.45, 2.75) is 27.7 Å². The Bertz CT molecular complexity index is 157. The van der Waals surface area contributed by atoms with Crippen molar-refractivity contribution in [3.05, 3.63) is 11.1 Å². The van der Waals surface area contributed by atoms with Crippen molar-refractivity contribution in [1.82, 2.24) is 0 Å². The van der Waals surface area contributed by atoms with Crippen LogP contribution in [0.2, 0.25) is 0 Å². The Balaban J connectivity index is 4.17. The lowest BCUT2D eigenvalue weighted by atomic mass is 10.1. The number of nitrogens with zero attached hydrogens (tertiary/aromatic N) is 1. The van der Waals surface area contributed by atoms with Crippen molar-refractivity contribution in [1.29, 1.82) is 0 Å². The Kier molecular flexibility index (Phi) is 4.45. The van der Waals surface area contributed by atoms with Gasteiger partial charge in [-0.15, -0.1) is 12.6 Å². The van der Waals surface area contributed by atoms with Gasteiger partial charge in [-0.2, -0.15) is 0 Å². The number of hydrogen-bond acceptors (Lipinski definition) is 2. The Hall–Kier alpha value is -0.240. The van der Waals surface area contributed by atoms with Crippen LogP contribution in [0.5, 0.6) is 0 Å². The molecule has 0 N–H and O–H groups in total. The maximum Gasteiger partial charge on any atom is 0.0885 e. The molecule has 0 aliphatic carbocycles. The zero-order valence-electron chi connectivity index (χ0n) is 7.05. The highest BCUT2D eigenvalue weighted by molar-refractivity contribution is 7.84. The van der Waals surface area contributed by atoms with E-state index < -0.39 is 0 Å². The molecule has 1 nitrogen and oxygen atoms in total. The monoisotopic (exact) mass is 157 g/mol. The van der Waals surface area contributed by atoms with Crippen LogP contribution in [-0.2, 0) is 0 Å². The van der Waals surface area contributed by atoms with Crippen LogP contribution < -0.4 is 0 Å². The second-order valence-electron chi connectivity index (χ2n) is 2.55. The number of thiol groups is 1. The van der Waals surface area contributed by atoms with E-state index in [1.807, 2.05) is 19.9 Å². The second kappa shape index (κ2) is 4.56. The SMILES string of the molecule is C/C=C(S)\N=C(\C)C(C)C. The predicted molar refractivity (Wildman–Crippen MR) is 50.7 cm³/mol. The van der Waals surface area contributed by atoms with Gasteiger partial charge >= 0.3 is 0 Å². The first kappa shape index (κ1) is 9.76. The van der Waals surface area contributed by atoms with Crippen LogP contribution in [0.25, 0.3) is 0 Å². The third-order valence-electron chi connectivity index (χ3n) is 1.38. The zero-order valence-corrected chi connectivity index (χ0v) is 7.94. The average molecular weight is 157 g/mol. The van der Waals surface area contributed by atoms with Gasteiger partial charge in [-0.05, 0) is 19.8 Å². The Morgan fingerprint density at radius 2 is 2.00 bits per heavy atom. The third-order valence-corrected chi connectivity index (χ3v) is 1.74. The molecule has 0 aliphatic rings. The Morgan fingerprint density at radius 3 is 2.30 bits per heavy atom. The molecule has 0 heterocycles. The highest BCUT2D eigenvalue weighted by Gasteiger charge is 1.96. The zero-order chi connectivity index (χ0) is 8.15.